The third kappa shape index (κ3) is 5.32. The fraction of sp³-hybridized carbons (Fsp3) is 0.0159. The van der Waals surface area contributed by atoms with Crippen LogP contribution in [0.15, 0.2) is 241 Å². The number of hydrogen-bond donors (Lipinski definition) is 0. The quantitative estimate of drug-likeness (QED) is 0.173. The maximum absolute atomic E-state index is 7.16. The fourth-order valence-electron chi connectivity index (χ4n) is 11.1. The van der Waals surface area contributed by atoms with Crippen molar-refractivity contribution in [3.8, 4) is 44.9 Å². The minimum atomic E-state index is -0.580. The lowest BCUT2D eigenvalue weighted by molar-refractivity contribution is 0.447. The summed E-state index contributed by atoms with van der Waals surface area (Å²) in [6, 6.07) is 85.7. The molecule has 0 saturated carbocycles. The van der Waals surface area contributed by atoms with Gasteiger partial charge in [-0.15, -0.1) is 0 Å². The average Bonchev–Trinajstić information content (AvgIpc) is 3.90. The Bertz CT molecular complexity index is 3820. The molecule has 3 nitrogen and oxygen atoms in total. The number of nitrogens with zero attached hydrogens (tertiary/aromatic N) is 1. The summed E-state index contributed by atoms with van der Waals surface area (Å²) >= 11 is 0. The van der Waals surface area contributed by atoms with E-state index < -0.39 is 5.41 Å². The van der Waals surface area contributed by atoms with Crippen molar-refractivity contribution in [3.63, 3.8) is 0 Å². The molecule has 2 aliphatic rings. The first-order valence-corrected chi connectivity index (χ1v) is 22.6. The van der Waals surface area contributed by atoms with Gasteiger partial charge in [0.05, 0.1) is 5.41 Å². The van der Waals surface area contributed by atoms with Crippen LogP contribution in [-0.4, -0.2) is 0 Å². The molecule has 0 saturated heterocycles. The number of fused-ring (bicyclic) bond motifs is 16. The fourth-order valence-corrected chi connectivity index (χ4v) is 11.1. The Hall–Kier alpha value is -8.66. The molecule has 0 radical (unpaired) electrons. The van der Waals surface area contributed by atoms with Gasteiger partial charge in [0.1, 0.15) is 22.7 Å². The molecule has 1 aliphatic carbocycles. The molecule has 12 aromatic rings. The van der Waals surface area contributed by atoms with E-state index in [0.29, 0.717) is 0 Å². The van der Waals surface area contributed by atoms with Crippen molar-refractivity contribution < 1.29 is 9.15 Å². The summed E-state index contributed by atoms with van der Waals surface area (Å²) in [6.45, 7) is 0. The highest BCUT2D eigenvalue weighted by Gasteiger charge is 2.51. The topological polar surface area (TPSA) is 25.6 Å². The molecule has 1 aliphatic heterocycles. The number of anilines is 3. The molecule has 1 spiro atoms. The van der Waals surface area contributed by atoms with Gasteiger partial charge in [-0.1, -0.05) is 182 Å². The van der Waals surface area contributed by atoms with Crippen molar-refractivity contribution in [2.75, 3.05) is 4.90 Å². The van der Waals surface area contributed by atoms with Crippen LogP contribution in [-0.2, 0) is 5.41 Å². The van der Waals surface area contributed by atoms with E-state index in [2.05, 4.69) is 229 Å². The lowest BCUT2D eigenvalue weighted by Crippen LogP contribution is -2.32. The van der Waals surface area contributed by atoms with E-state index >= 15 is 0 Å². The molecule has 0 amide bonds. The molecule has 66 heavy (non-hydrogen) atoms. The van der Waals surface area contributed by atoms with E-state index in [1.54, 1.807) is 0 Å². The van der Waals surface area contributed by atoms with Crippen LogP contribution in [0.4, 0.5) is 17.1 Å². The van der Waals surface area contributed by atoms with Gasteiger partial charge < -0.3 is 14.1 Å². The molecule has 14 rings (SSSR count). The molecule has 3 heteroatoms. The van der Waals surface area contributed by atoms with Crippen LogP contribution in [0.25, 0.3) is 76.9 Å². The van der Waals surface area contributed by atoms with Crippen LogP contribution in [0.2, 0.25) is 0 Å². The third-order valence-corrected chi connectivity index (χ3v) is 14.1. The summed E-state index contributed by atoms with van der Waals surface area (Å²) in [5.41, 5.74) is 16.5. The summed E-state index contributed by atoms with van der Waals surface area (Å²) in [5, 5.41) is 6.78. The number of ether oxygens (including phenoxy) is 1. The van der Waals surface area contributed by atoms with Crippen LogP contribution in [0, 0.1) is 0 Å². The molecule has 0 bridgehead atoms. The third-order valence-electron chi connectivity index (χ3n) is 14.1. The smallest absolute Gasteiger partial charge is 0.140 e. The van der Waals surface area contributed by atoms with Crippen LogP contribution in [0.3, 0.4) is 0 Å². The predicted octanol–water partition coefficient (Wildman–Crippen LogP) is 17.2. The lowest BCUT2D eigenvalue weighted by Gasteiger charge is -2.40. The van der Waals surface area contributed by atoms with E-state index in [0.717, 1.165) is 66.8 Å². The summed E-state index contributed by atoms with van der Waals surface area (Å²) in [7, 11) is 0. The maximum atomic E-state index is 7.16. The van der Waals surface area contributed by atoms with Crippen LogP contribution in [0.5, 0.6) is 11.5 Å². The van der Waals surface area contributed by atoms with Crippen molar-refractivity contribution >= 4 is 60.5 Å². The largest absolute Gasteiger partial charge is 0.456 e. The summed E-state index contributed by atoms with van der Waals surface area (Å²) in [4.78, 5) is 2.34. The molecule has 0 unspecified atom stereocenters. The van der Waals surface area contributed by atoms with Gasteiger partial charge in [-0.05, 0) is 110 Å². The lowest BCUT2D eigenvalue weighted by atomic mass is 9.65. The van der Waals surface area contributed by atoms with Gasteiger partial charge in [-0.3, -0.25) is 0 Å². The first-order chi connectivity index (χ1) is 32.7. The van der Waals surface area contributed by atoms with Crippen LogP contribution >= 0.6 is 0 Å². The average molecular weight is 842 g/mol. The second-order valence-electron chi connectivity index (χ2n) is 17.6. The van der Waals surface area contributed by atoms with E-state index in [9.17, 15) is 0 Å². The Balaban J connectivity index is 0.915. The molecule has 308 valence electrons. The van der Waals surface area contributed by atoms with E-state index in [-0.39, 0.29) is 0 Å². The minimum Gasteiger partial charge on any atom is -0.456 e. The molecule has 1 aromatic heterocycles. The number of para-hydroxylation sites is 1. The van der Waals surface area contributed by atoms with Crippen molar-refractivity contribution in [3.05, 3.63) is 259 Å². The molecule has 11 aromatic carbocycles. The minimum absolute atomic E-state index is 0.580. The van der Waals surface area contributed by atoms with Crippen molar-refractivity contribution in [2.24, 2.45) is 0 Å². The standard InChI is InChI=1S/C63H39NO2/c1-2-12-40(13-3-1)41-22-29-46(30-23-41)64(48-33-37-60-54(39-48)52-19-9-11-21-59(52)65-60)47-31-24-42(25-32-47)45-28-34-56-53(38-45)51-18-8-10-20-55(51)63(56)57-35-26-43-14-4-6-16-49(43)61(57)66-62-50-17-7-5-15-44(50)27-36-58(62)63/h1-39H. The highest BCUT2D eigenvalue weighted by molar-refractivity contribution is 6.07. The summed E-state index contributed by atoms with van der Waals surface area (Å²) < 4.78 is 13.4. The van der Waals surface area contributed by atoms with Gasteiger partial charge in [0, 0.05) is 49.7 Å². The van der Waals surface area contributed by atoms with Gasteiger partial charge in [-0.2, -0.15) is 0 Å². The second kappa shape index (κ2) is 14.2. The number of rotatable bonds is 5. The summed E-state index contributed by atoms with van der Waals surface area (Å²) in [6.07, 6.45) is 0. The zero-order valence-corrected chi connectivity index (χ0v) is 35.8. The Morgan fingerprint density at radius 2 is 0.803 bits per heavy atom. The molecule has 0 atom stereocenters. The second-order valence-corrected chi connectivity index (χ2v) is 17.6. The van der Waals surface area contributed by atoms with E-state index in [1.807, 2.05) is 12.1 Å². The van der Waals surface area contributed by atoms with Gasteiger partial charge in [0.25, 0.3) is 0 Å². The molecular weight excluding hydrogens is 803 g/mol. The zero-order chi connectivity index (χ0) is 43.3. The van der Waals surface area contributed by atoms with Crippen molar-refractivity contribution in [1.29, 1.82) is 0 Å². The highest BCUT2D eigenvalue weighted by atomic mass is 16.5. The summed E-state index contributed by atoms with van der Waals surface area (Å²) in [5.74, 6) is 1.86. The Labute approximate surface area is 382 Å². The van der Waals surface area contributed by atoms with Gasteiger partial charge >= 0.3 is 0 Å². The Kier molecular flexibility index (Phi) is 7.90. The molecule has 0 fully saturated rings. The molecular formula is C63H39NO2. The van der Waals surface area contributed by atoms with Gasteiger partial charge in [-0.25, -0.2) is 0 Å². The Morgan fingerprint density at radius 1 is 0.303 bits per heavy atom. The van der Waals surface area contributed by atoms with Crippen LogP contribution in [0.1, 0.15) is 22.3 Å². The van der Waals surface area contributed by atoms with Crippen molar-refractivity contribution in [1.82, 2.24) is 0 Å². The number of hydrogen-bond acceptors (Lipinski definition) is 3. The van der Waals surface area contributed by atoms with Crippen LogP contribution < -0.4 is 9.64 Å². The normalized spacial score (nSPS) is 13.1. The monoisotopic (exact) mass is 841 g/mol. The predicted molar refractivity (Wildman–Crippen MR) is 272 cm³/mol. The first kappa shape index (κ1) is 36.8. The number of benzene rings is 11. The van der Waals surface area contributed by atoms with Crippen molar-refractivity contribution in [2.45, 2.75) is 5.41 Å². The van der Waals surface area contributed by atoms with Gasteiger partial charge in [0.2, 0.25) is 0 Å². The Morgan fingerprint density at radius 3 is 1.50 bits per heavy atom. The molecule has 2 heterocycles. The van der Waals surface area contributed by atoms with Gasteiger partial charge in [0.15, 0.2) is 0 Å². The number of furan rings is 1. The SMILES string of the molecule is c1ccc(-c2ccc(N(c3ccc(-c4ccc5c(c4)-c4ccccc4C54c5ccc6ccccc6c5Oc5c4ccc4ccccc54)cc3)c3ccc4oc5ccccc5c4c3)cc2)cc1. The first-order valence-electron chi connectivity index (χ1n) is 22.6. The highest BCUT2D eigenvalue weighted by Crippen LogP contribution is 2.64. The maximum Gasteiger partial charge on any atom is 0.140 e. The van der Waals surface area contributed by atoms with E-state index in [1.165, 1.54) is 60.8 Å². The molecule has 0 N–H and O–H groups in total. The zero-order valence-electron chi connectivity index (χ0n) is 35.8. The van der Waals surface area contributed by atoms with E-state index in [4.69, 9.17) is 9.15 Å².